The van der Waals surface area contributed by atoms with E-state index < -0.39 is 0 Å². The summed E-state index contributed by atoms with van der Waals surface area (Å²) >= 11 is 0. The Balaban J connectivity index is 1.78. The molecular weight excluding hydrogens is 162 g/mol. The Morgan fingerprint density at radius 3 is 2.46 bits per heavy atom. The second-order valence-electron chi connectivity index (χ2n) is 5.22. The van der Waals surface area contributed by atoms with Crippen molar-refractivity contribution in [3.05, 3.63) is 0 Å². The van der Waals surface area contributed by atoms with Crippen molar-refractivity contribution in [1.82, 2.24) is 4.90 Å². The summed E-state index contributed by atoms with van der Waals surface area (Å²) in [4.78, 5) is 2.59. The Morgan fingerprint density at radius 1 is 1.31 bits per heavy atom. The van der Waals surface area contributed by atoms with Crippen molar-refractivity contribution in [2.24, 2.45) is 11.3 Å². The van der Waals surface area contributed by atoms with Crippen LogP contribution in [0.2, 0.25) is 0 Å². The summed E-state index contributed by atoms with van der Waals surface area (Å²) < 4.78 is 5.40. The van der Waals surface area contributed by atoms with E-state index in [1.54, 1.807) is 0 Å². The molecule has 0 N–H and O–H groups in total. The molecule has 2 rings (SSSR count). The zero-order chi connectivity index (χ0) is 9.31. The van der Waals surface area contributed by atoms with Gasteiger partial charge in [-0.15, -0.1) is 0 Å². The van der Waals surface area contributed by atoms with Gasteiger partial charge in [0.15, 0.2) is 0 Å². The van der Waals surface area contributed by atoms with Crippen molar-refractivity contribution >= 4 is 0 Å². The van der Waals surface area contributed by atoms with Crippen molar-refractivity contribution in [1.29, 1.82) is 0 Å². The summed E-state index contributed by atoms with van der Waals surface area (Å²) in [6.45, 7) is 10.6. The quantitative estimate of drug-likeness (QED) is 0.647. The van der Waals surface area contributed by atoms with E-state index in [9.17, 15) is 0 Å². The molecule has 0 saturated carbocycles. The minimum Gasteiger partial charge on any atom is -0.381 e. The molecule has 0 aromatic heterocycles. The topological polar surface area (TPSA) is 12.5 Å². The van der Waals surface area contributed by atoms with Gasteiger partial charge in [0.1, 0.15) is 0 Å². The van der Waals surface area contributed by atoms with E-state index in [-0.39, 0.29) is 0 Å². The van der Waals surface area contributed by atoms with Crippen LogP contribution >= 0.6 is 0 Å². The molecule has 2 fully saturated rings. The molecule has 0 aromatic carbocycles. The fraction of sp³-hybridized carbons (Fsp3) is 1.00. The maximum atomic E-state index is 5.40. The number of rotatable bonds is 2. The Hall–Kier alpha value is -0.0800. The predicted octanol–water partition coefficient (Wildman–Crippen LogP) is 1.75. The number of hydrogen-bond donors (Lipinski definition) is 0. The number of ether oxygens (including phenoxy) is 1. The molecule has 2 aliphatic rings. The molecule has 0 bridgehead atoms. The molecule has 0 aromatic rings. The lowest BCUT2D eigenvalue weighted by atomic mass is 9.80. The van der Waals surface area contributed by atoms with Crippen LogP contribution < -0.4 is 0 Å². The largest absolute Gasteiger partial charge is 0.381 e. The SMILES string of the molecule is CC1CN(CC2(C)CCOCC2)C1. The van der Waals surface area contributed by atoms with Gasteiger partial charge in [-0.2, -0.15) is 0 Å². The Bertz CT molecular complexity index is 169. The minimum atomic E-state index is 0.540. The lowest BCUT2D eigenvalue weighted by molar-refractivity contribution is -0.0167. The third-order valence-electron chi connectivity index (χ3n) is 3.44. The average molecular weight is 183 g/mol. The molecular formula is C11H21NO. The van der Waals surface area contributed by atoms with Crippen LogP contribution in [0.25, 0.3) is 0 Å². The van der Waals surface area contributed by atoms with E-state index in [0.29, 0.717) is 5.41 Å². The summed E-state index contributed by atoms with van der Waals surface area (Å²) in [5.41, 5.74) is 0.540. The van der Waals surface area contributed by atoms with Gasteiger partial charge in [0.2, 0.25) is 0 Å². The monoisotopic (exact) mass is 183 g/mol. The van der Waals surface area contributed by atoms with E-state index in [0.717, 1.165) is 19.1 Å². The molecule has 2 saturated heterocycles. The molecule has 76 valence electrons. The van der Waals surface area contributed by atoms with Crippen LogP contribution in [0, 0.1) is 11.3 Å². The summed E-state index contributed by atoms with van der Waals surface area (Å²) in [6.07, 6.45) is 2.50. The normalized spacial score (nSPS) is 30.0. The molecule has 2 nitrogen and oxygen atoms in total. The first-order valence-electron chi connectivity index (χ1n) is 5.48. The van der Waals surface area contributed by atoms with Gasteiger partial charge in [0.05, 0.1) is 0 Å². The molecule has 0 aliphatic carbocycles. The first-order chi connectivity index (χ1) is 6.18. The Kier molecular flexibility index (Phi) is 2.61. The van der Waals surface area contributed by atoms with Crippen LogP contribution in [0.3, 0.4) is 0 Å². The summed E-state index contributed by atoms with van der Waals surface area (Å²) in [5, 5.41) is 0. The zero-order valence-corrected chi connectivity index (χ0v) is 8.88. The van der Waals surface area contributed by atoms with Crippen molar-refractivity contribution < 1.29 is 4.74 Å². The summed E-state index contributed by atoms with van der Waals surface area (Å²) in [7, 11) is 0. The minimum absolute atomic E-state index is 0.540. The molecule has 13 heavy (non-hydrogen) atoms. The first-order valence-corrected chi connectivity index (χ1v) is 5.48. The van der Waals surface area contributed by atoms with Crippen molar-refractivity contribution in [2.45, 2.75) is 26.7 Å². The summed E-state index contributed by atoms with van der Waals surface area (Å²) in [5.74, 6) is 0.934. The fourth-order valence-corrected chi connectivity index (χ4v) is 2.52. The van der Waals surface area contributed by atoms with E-state index in [2.05, 4.69) is 18.7 Å². The van der Waals surface area contributed by atoms with Gasteiger partial charge in [0.25, 0.3) is 0 Å². The highest BCUT2D eigenvalue weighted by Crippen LogP contribution is 2.32. The van der Waals surface area contributed by atoms with Gasteiger partial charge in [-0.3, -0.25) is 0 Å². The highest BCUT2D eigenvalue weighted by atomic mass is 16.5. The molecule has 0 atom stereocenters. The average Bonchev–Trinajstić information content (AvgIpc) is 2.02. The second-order valence-corrected chi connectivity index (χ2v) is 5.22. The highest BCUT2D eigenvalue weighted by molar-refractivity contribution is 4.85. The van der Waals surface area contributed by atoms with Crippen LogP contribution in [-0.2, 0) is 4.74 Å². The second kappa shape index (κ2) is 3.58. The van der Waals surface area contributed by atoms with Gasteiger partial charge >= 0.3 is 0 Å². The third-order valence-corrected chi connectivity index (χ3v) is 3.44. The standard InChI is InChI=1S/C11H21NO/c1-10-7-12(8-10)9-11(2)3-5-13-6-4-11/h10H,3-9H2,1-2H3. The van der Waals surface area contributed by atoms with Crippen molar-refractivity contribution in [3.8, 4) is 0 Å². The van der Waals surface area contributed by atoms with Crippen LogP contribution in [0.4, 0.5) is 0 Å². The van der Waals surface area contributed by atoms with Crippen LogP contribution in [0.1, 0.15) is 26.7 Å². The molecule has 0 radical (unpaired) electrons. The van der Waals surface area contributed by atoms with Crippen molar-refractivity contribution in [2.75, 3.05) is 32.8 Å². The van der Waals surface area contributed by atoms with Crippen LogP contribution in [-0.4, -0.2) is 37.7 Å². The van der Waals surface area contributed by atoms with Gasteiger partial charge in [-0.1, -0.05) is 13.8 Å². The molecule has 2 aliphatic heterocycles. The predicted molar refractivity (Wildman–Crippen MR) is 53.8 cm³/mol. The van der Waals surface area contributed by atoms with Gasteiger partial charge in [-0.25, -0.2) is 0 Å². The number of hydrogen-bond acceptors (Lipinski definition) is 2. The van der Waals surface area contributed by atoms with Crippen LogP contribution in [0.15, 0.2) is 0 Å². The van der Waals surface area contributed by atoms with E-state index in [1.807, 2.05) is 0 Å². The smallest absolute Gasteiger partial charge is 0.0471 e. The lowest BCUT2D eigenvalue weighted by Gasteiger charge is -2.44. The highest BCUT2D eigenvalue weighted by Gasteiger charge is 2.33. The van der Waals surface area contributed by atoms with Gasteiger partial charge < -0.3 is 9.64 Å². The maximum Gasteiger partial charge on any atom is 0.0471 e. The number of likely N-dealkylation sites (tertiary alicyclic amines) is 1. The zero-order valence-electron chi connectivity index (χ0n) is 8.88. The van der Waals surface area contributed by atoms with E-state index in [1.165, 1.54) is 32.5 Å². The van der Waals surface area contributed by atoms with Gasteiger partial charge in [-0.05, 0) is 24.2 Å². The Labute approximate surface area is 81.3 Å². The van der Waals surface area contributed by atoms with E-state index >= 15 is 0 Å². The third kappa shape index (κ3) is 2.23. The number of nitrogens with zero attached hydrogens (tertiary/aromatic N) is 1. The van der Waals surface area contributed by atoms with Crippen LogP contribution in [0.5, 0.6) is 0 Å². The van der Waals surface area contributed by atoms with E-state index in [4.69, 9.17) is 4.74 Å². The maximum absolute atomic E-state index is 5.40. The lowest BCUT2D eigenvalue weighted by Crippen LogP contribution is -2.50. The molecule has 0 unspecified atom stereocenters. The molecule has 2 heterocycles. The molecule has 2 heteroatoms. The molecule has 0 amide bonds. The first kappa shape index (κ1) is 9.47. The fourth-order valence-electron chi connectivity index (χ4n) is 2.52. The molecule has 0 spiro atoms. The van der Waals surface area contributed by atoms with Crippen molar-refractivity contribution in [3.63, 3.8) is 0 Å². The van der Waals surface area contributed by atoms with Gasteiger partial charge in [0, 0.05) is 32.8 Å². The summed E-state index contributed by atoms with van der Waals surface area (Å²) in [6, 6.07) is 0. The Morgan fingerprint density at radius 2 is 1.92 bits per heavy atom.